The van der Waals surface area contributed by atoms with Crippen molar-refractivity contribution >= 4 is 32.5 Å². The highest BCUT2D eigenvalue weighted by Gasteiger charge is 2.21. The lowest BCUT2D eigenvalue weighted by atomic mass is 10.2. The molecule has 0 aliphatic heterocycles. The molecule has 0 spiro atoms. The topological polar surface area (TPSA) is 71.2 Å². The van der Waals surface area contributed by atoms with Gasteiger partial charge in [-0.2, -0.15) is 0 Å². The number of sulfonamides is 1. The third-order valence-corrected chi connectivity index (χ3v) is 5.57. The fourth-order valence-corrected chi connectivity index (χ4v) is 3.97. The van der Waals surface area contributed by atoms with Gasteiger partial charge in [0.05, 0.1) is 7.11 Å². The number of aromatic nitrogens is 1. The maximum absolute atomic E-state index is 12.6. The zero-order chi connectivity index (χ0) is 17.3. The Morgan fingerprint density at radius 2 is 1.88 bits per heavy atom. The van der Waals surface area contributed by atoms with Crippen LogP contribution in [0.5, 0.6) is 5.75 Å². The number of aromatic amines is 1. The lowest BCUT2D eigenvalue weighted by Crippen LogP contribution is -2.24. The van der Waals surface area contributed by atoms with Crippen molar-refractivity contribution < 1.29 is 13.2 Å². The fraction of sp³-hybridized carbons (Fsp3) is 0.176. The van der Waals surface area contributed by atoms with Gasteiger partial charge in [0.25, 0.3) is 10.0 Å². The molecular formula is C17H17ClN2O3S. The van der Waals surface area contributed by atoms with E-state index in [1.807, 2.05) is 12.1 Å². The van der Waals surface area contributed by atoms with Gasteiger partial charge in [-0.05, 0) is 48.4 Å². The summed E-state index contributed by atoms with van der Waals surface area (Å²) in [5, 5.41) is 1.53. The van der Waals surface area contributed by atoms with E-state index in [0.29, 0.717) is 10.6 Å². The van der Waals surface area contributed by atoms with E-state index in [9.17, 15) is 8.42 Å². The molecule has 0 aliphatic rings. The number of fused-ring (bicyclic) bond motifs is 1. The molecule has 0 fully saturated rings. The molecule has 0 bridgehead atoms. The third-order valence-electron chi connectivity index (χ3n) is 3.87. The predicted octanol–water partition coefficient (Wildman–Crippen LogP) is 3.62. The highest BCUT2D eigenvalue weighted by molar-refractivity contribution is 7.89. The van der Waals surface area contributed by atoms with Gasteiger partial charge in [-0.25, -0.2) is 13.1 Å². The van der Waals surface area contributed by atoms with E-state index in [4.69, 9.17) is 16.3 Å². The second-order valence-corrected chi connectivity index (χ2v) is 7.58. The van der Waals surface area contributed by atoms with Crippen molar-refractivity contribution in [2.24, 2.45) is 0 Å². The van der Waals surface area contributed by atoms with Crippen molar-refractivity contribution in [2.75, 3.05) is 7.11 Å². The molecule has 1 aromatic heterocycles. The number of hydrogen-bond acceptors (Lipinski definition) is 3. The average Bonchev–Trinajstić information content (AvgIpc) is 2.91. The third kappa shape index (κ3) is 3.26. The molecule has 3 rings (SSSR count). The largest absolute Gasteiger partial charge is 0.497 e. The number of hydrogen-bond donors (Lipinski definition) is 2. The summed E-state index contributed by atoms with van der Waals surface area (Å²) in [6, 6.07) is 12.5. The molecule has 0 aliphatic carbocycles. The summed E-state index contributed by atoms with van der Waals surface area (Å²) in [5.74, 6) is 0.727. The molecule has 24 heavy (non-hydrogen) atoms. The fourth-order valence-electron chi connectivity index (χ4n) is 2.54. The Kier molecular flexibility index (Phi) is 4.54. The van der Waals surface area contributed by atoms with Gasteiger partial charge in [0, 0.05) is 22.5 Å². The summed E-state index contributed by atoms with van der Waals surface area (Å²) in [7, 11) is -2.07. The van der Waals surface area contributed by atoms with Crippen LogP contribution in [0.4, 0.5) is 0 Å². The summed E-state index contributed by atoms with van der Waals surface area (Å²) in [6.45, 7) is 1.96. The molecule has 2 N–H and O–H groups in total. The molecule has 0 radical (unpaired) electrons. The van der Waals surface area contributed by atoms with Gasteiger partial charge in [0.1, 0.15) is 5.75 Å². The Hall–Kier alpha value is -2.02. The van der Waals surface area contributed by atoms with Gasteiger partial charge in [0.2, 0.25) is 0 Å². The van der Waals surface area contributed by atoms with Gasteiger partial charge in [-0.3, -0.25) is 0 Å². The van der Waals surface area contributed by atoms with Crippen molar-refractivity contribution in [3.8, 4) is 5.75 Å². The van der Waals surface area contributed by atoms with E-state index in [-0.39, 0.29) is 11.6 Å². The van der Waals surface area contributed by atoms with Gasteiger partial charge >= 0.3 is 0 Å². The van der Waals surface area contributed by atoms with E-state index in [1.165, 1.54) is 0 Å². The summed E-state index contributed by atoms with van der Waals surface area (Å²) in [5.41, 5.74) is 2.23. The molecule has 0 amide bonds. The average molecular weight is 365 g/mol. The molecule has 3 aromatic rings. The van der Waals surface area contributed by atoms with E-state index in [0.717, 1.165) is 22.2 Å². The van der Waals surface area contributed by atoms with Crippen LogP contribution in [-0.2, 0) is 16.6 Å². The summed E-state index contributed by atoms with van der Waals surface area (Å²) in [4.78, 5) is 2.96. The van der Waals surface area contributed by atoms with Crippen LogP contribution in [0.15, 0.2) is 47.5 Å². The number of nitrogens with one attached hydrogen (secondary N) is 2. The van der Waals surface area contributed by atoms with Gasteiger partial charge in [-0.15, -0.1) is 0 Å². The quantitative estimate of drug-likeness (QED) is 0.726. The second-order valence-electron chi connectivity index (χ2n) is 5.44. The van der Waals surface area contributed by atoms with Crippen molar-refractivity contribution in [3.63, 3.8) is 0 Å². The van der Waals surface area contributed by atoms with Crippen LogP contribution >= 0.6 is 11.6 Å². The standard InChI is InChI=1S/C17H17ClN2O3S/c1-11-15-9-13(18)5-8-16(15)20-17(11)24(21,22)19-10-12-3-6-14(23-2)7-4-12/h3-9,19-20H,10H2,1-2H3. The summed E-state index contributed by atoms with van der Waals surface area (Å²) < 4.78 is 32.9. The van der Waals surface area contributed by atoms with Crippen LogP contribution in [0.2, 0.25) is 5.02 Å². The summed E-state index contributed by atoms with van der Waals surface area (Å²) in [6.07, 6.45) is 0. The first-order valence-electron chi connectivity index (χ1n) is 7.31. The number of methoxy groups -OCH3 is 1. The number of aryl methyl sites for hydroxylation is 1. The summed E-state index contributed by atoms with van der Waals surface area (Å²) >= 11 is 5.99. The zero-order valence-corrected chi connectivity index (χ0v) is 14.8. The SMILES string of the molecule is COc1ccc(CNS(=O)(=O)c2[nH]c3ccc(Cl)cc3c2C)cc1. The Morgan fingerprint density at radius 1 is 1.17 bits per heavy atom. The minimum atomic E-state index is -3.66. The number of benzene rings is 2. The maximum atomic E-state index is 12.6. The Balaban J connectivity index is 1.86. The number of H-pyrrole nitrogens is 1. The molecule has 126 valence electrons. The van der Waals surface area contributed by atoms with Crippen LogP contribution in [0.1, 0.15) is 11.1 Å². The molecule has 0 unspecified atom stereocenters. The predicted molar refractivity (Wildman–Crippen MR) is 95.1 cm³/mol. The van der Waals surface area contributed by atoms with Crippen molar-refractivity contribution in [2.45, 2.75) is 18.5 Å². The molecule has 0 saturated carbocycles. The minimum absolute atomic E-state index is 0.160. The van der Waals surface area contributed by atoms with E-state index >= 15 is 0 Å². The van der Waals surface area contributed by atoms with E-state index in [1.54, 1.807) is 44.4 Å². The van der Waals surface area contributed by atoms with Gasteiger partial charge in [-0.1, -0.05) is 23.7 Å². The molecule has 0 saturated heterocycles. The molecule has 1 heterocycles. The normalized spacial score (nSPS) is 11.8. The Morgan fingerprint density at radius 3 is 2.54 bits per heavy atom. The van der Waals surface area contributed by atoms with Crippen LogP contribution in [-0.4, -0.2) is 20.5 Å². The zero-order valence-electron chi connectivity index (χ0n) is 13.3. The highest BCUT2D eigenvalue weighted by atomic mass is 35.5. The lowest BCUT2D eigenvalue weighted by Gasteiger charge is -2.07. The molecule has 2 aromatic carbocycles. The smallest absolute Gasteiger partial charge is 0.256 e. The first-order valence-corrected chi connectivity index (χ1v) is 9.17. The van der Waals surface area contributed by atoms with Crippen LogP contribution in [0, 0.1) is 6.92 Å². The van der Waals surface area contributed by atoms with Crippen LogP contribution in [0.3, 0.4) is 0 Å². The minimum Gasteiger partial charge on any atom is -0.497 e. The number of halogens is 1. The van der Waals surface area contributed by atoms with Gasteiger partial charge < -0.3 is 9.72 Å². The first kappa shape index (κ1) is 16.8. The van der Waals surface area contributed by atoms with Crippen LogP contribution < -0.4 is 9.46 Å². The van der Waals surface area contributed by atoms with Crippen molar-refractivity contribution in [1.82, 2.24) is 9.71 Å². The molecule has 0 atom stereocenters. The number of ether oxygens (including phenoxy) is 1. The van der Waals surface area contributed by atoms with Crippen molar-refractivity contribution in [1.29, 1.82) is 0 Å². The molecule has 7 heteroatoms. The van der Waals surface area contributed by atoms with Crippen LogP contribution in [0.25, 0.3) is 10.9 Å². The first-order chi connectivity index (χ1) is 11.4. The number of rotatable bonds is 5. The lowest BCUT2D eigenvalue weighted by molar-refractivity contribution is 0.414. The Bertz CT molecular complexity index is 979. The van der Waals surface area contributed by atoms with E-state index < -0.39 is 10.0 Å². The second kappa shape index (κ2) is 6.47. The van der Waals surface area contributed by atoms with Gasteiger partial charge in [0.15, 0.2) is 5.03 Å². The monoisotopic (exact) mass is 364 g/mol. The Labute approximate surface area is 145 Å². The maximum Gasteiger partial charge on any atom is 0.256 e. The molecule has 5 nitrogen and oxygen atoms in total. The molecular weight excluding hydrogens is 348 g/mol. The highest BCUT2D eigenvalue weighted by Crippen LogP contribution is 2.27. The van der Waals surface area contributed by atoms with Crippen molar-refractivity contribution in [3.05, 3.63) is 58.6 Å². The van der Waals surface area contributed by atoms with E-state index in [2.05, 4.69) is 9.71 Å².